The maximum Gasteiger partial charge on any atom is 0.0174 e. The smallest absolute Gasteiger partial charge is 0.0174 e. The van der Waals surface area contributed by atoms with Gasteiger partial charge in [-0.1, -0.05) is 55.0 Å². The van der Waals surface area contributed by atoms with Crippen molar-refractivity contribution in [2.75, 3.05) is 0 Å². The van der Waals surface area contributed by atoms with Gasteiger partial charge in [-0.15, -0.1) is 0 Å². The van der Waals surface area contributed by atoms with E-state index in [4.69, 9.17) is 0 Å². The van der Waals surface area contributed by atoms with Gasteiger partial charge in [0.05, 0.1) is 0 Å². The fourth-order valence-corrected chi connectivity index (χ4v) is 2.49. The Bertz CT molecular complexity index is 108. The van der Waals surface area contributed by atoms with Crippen molar-refractivity contribution in [3.63, 3.8) is 0 Å². The van der Waals surface area contributed by atoms with Gasteiger partial charge in [-0.3, -0.25) is 0 Å². The summed E-state index contributed by atoms with van der Waals surface area (Å²) in [5.74, 6) is 1.04. The molecule has 0 bridgehead atoms. The Morgan fingerprint density at radius 1 is 1.17 bits per heavy atom. The van der Waals surface area contributed by atoms with Crippen LogP contribution in [-0.2, 0) is 0 Å². The highest BCUT2D eigenvalue weighted by atomic mass is 79.9. The van der Waals surface area contributed by atoms with Gasteiger partial charge in [-0.25, -0.2) is 0 Å². The van der Waals surface area contributed by atoms with Crippen LogP contribution in [0.4, 0.5) is 0 Å². The van der Waals surface area contributed by atoms with Gasteiger partial charge in [0, 0.05) is 4.83 Å². The molecule has 12 heavy (non-hydrogen) atoms. The van der Waals surface area contributed by atoms with Gasteiger partial charge >= 0.3 is 0 Å². The lowest BCUT2D eigenvalue weighted by Gasteiger charge is -2.06. The lowest BCUT2D eigenvalue weighted by atomic mass is 10.1. The summed E-state index contributed by atoms with van der Waals surface area (Å²) in [5.41, 5.74) is 0. The third-order valence-electron chi connectivity index (χ3n) is 2.72. The lowest BCUT2D eigenvalue weighted by Crippen LogP contribution is -1.99. The summed E-state index contributed by atoms with van der Waals surface area (Å²) in [4.78, 5) is 0.846. The fraction of sp³-hybridized carbons (Fsp3) is 1.00. The molecule has 0 nitrogen and oxygen atoms in total. The molecule has 1 rings (SSSR count). The highest BCUT2D eigenvalue weighted by Crippen LogP contribution is 2.38. The second-order valence-electron chi connectivity index (χ2n) is 4.06. The molecule has 1 aliphatic carbocycles. The Morgan fingerprint density at radius 3 is 2.42 bits per heavy atom. The highest BCUT2D eigenvalue weighted by molar-refractivity contribution is 9.09. The normalized spacial score (nSPS) is 19.5. The number of alkyl halides is 1. The van der Waals surface area contributed by atoms with E-state index in [1.807, 2.05) is 0 Å². The van der Waals surface area contributed by atoms with Gasteiger partial charge in [-0.2, -0.15) is 0 Å². The second-order valence-corrected chi connectivity index (χ2v) is 5.23. The third kappa shape index (κ3) is 4.49. The monoisotopic (exact) mass is 232 g/mol. The zero-order valence-corrected chi connectivity index (χ0v) is 9.78. The van der Waals surface area contributed by atoms with E-state index in [0.29, 0.717) is 0 Å². The van der Waals surface area contributed by atoms with Gasteiger partial charge < -0.3 is 0 Å². The minimum atomic E-state index is 0.846. The molecule has 0 aliphatic heterocycles. The summed E-state index contributed by atoms with van der Waals surface area (Å²) < 4.78 is 0. The van der Waals surface area contributed by atoms with Gasteiger partial charge in [-0.05, 0) is 25.2 Å². The second kappa shape index (κ2) is 6.01. The van der Waals surface area contributed by atoms with Crippen LogP contribution in [0, 0.1) is 5.92 Å². The van der Waals surface area contributed by atoms with Crippen LogP contribution in [0.25, 0.3) is 0 Å². The van der Waals surface area contributed by atoms with Crippen molar-refractivity contribution < 1.29 is 0 Å². The number of halogens is 1. The zero-order valence-electron chi connectivity index (χ0n) is 8.19. The highest BCUT2D eigenvalue weighted by Gasteiger charge is 2.28. The van der Waals surface area contributed by atoms with Gasteiger partial charge in [0.2, 0.25) is 0 Å². The molecule has 0 aromatic heterocycles. The summed E-state index contributed by atoms with van der Waals surface area (Å²) in [5, 5.41) is 0. The van der Waals surface area contributed by atoms with E-state index in [1.54, 1.807) is 0 Å². The Labute approximate surface area is 85.3 Å². The molecule has 1 aliphatic rings. The molecule has 0 aromatic rings. The first kappa shape index (κ1) is 10.6. The van der Waals surface area contributed by atoms with Gasteiger partial charge in [0.15, 0.2) is 0 Å². The molecule has 1 unspecified atom stereocenters. The molecule has 1 atom stereocenters. The molecule has 0 saturated heterocycles. The topological polar surface area (TPSA) is 0 Å². The van der Waals surface area contributed by atoms with Crippen molar-refractivity contribution in [1.82, 2.24) is 0 Å². The van der Waals surface area contributed by atoms with Crippen LogP contribution >= 0.6 is 15.9 Å². The van der Waals surface area contributed by atoms with Crippen molar-refractivity contribution >= 4 is 15.9 Å². The molecular weight excluding hydrogens is 212 g/mol. The van der Waals surface area contributed by atoms with Crippen LogP contribution in [-0.4, -0.2) is 4.83 Å². The molecule has 0 radical (unpaired) electrons. The van der Waals surface area contributed by atoms with E-state index in [-0.39, 0.29) is 0 Å². The Balaban J connectivity index is 1.81. The molecule has 0 spiro atoms. The standard InChI is InChI=1S/C11H21Br/c1-2-3-4-5-6-7-11(12)10-8-9-10/h10-11H,2-9H2,1H3. The van der Waals surface area contributed by atoms with E-state index >= 15 is 0 Å². The largest absolute Gasteiger partial charge is 0.0888 e. The van der Waals surface area contributed by atoms with Crippen LogP contribution in [0.3, 0.4) is 0 Å². The molecule has 1 fully saturated rings. The first-order chi connectivity index (χ1) is 5.84. The predicted octanol–water partition coefficient (Wildman–Crippen LogP) is 4.52. The average Bonchev–Trinajstić information content (AvgIpc) is 2.86. The van der Waals surface area contributed by atoms with Gasteiger partial charge in [0.25, 0.3) is 0 Å². The summed E-state index contributed by atoms with van der Waals surface area (Å²) in [6, 6.07) is 0. The van der Waals surface area contributed by atoms with E-state index in [9.17, 15) is 0 Å². The number of hydrogen-bond acceptors (Lipinski definition) is 0. The molecule has 1 saturated carbocycles. The van der Waals surface area contributed by atoms with Crippen LogP contribution in [0.15, 0.2) is 0 Å². The summed E-state index contributed by atoms with van der Waals surface area (Å²) in [7, 11) is 0. The molecule has 0 heterocycles. The minimum absolute atomic E-state index is 0.846. The number of unbranched alkanes of at least 4 members (excludes halogenated alkanes) is 4. The Kier molecular flexibility index (Phi) is 5.29. The van der Waals surface area contributed by atoms with Crippen LogP contribution < -0.4 is 0 Å². The summed E-state index contributed by atoms with van der Waals surface area (Å²) >= 11 is 3.77. The molecule has 0 N–H and O–H groups in total. The zero-order chi connectivity index (χ0) is 8.81. The van der Waals surface area contributed by atoms with Crippen LogP contribution in [0.2, 0.25) is 0 Å². The lowest BCUT2D eigenvalue weighted by molar-refractivity contribution is 0.581. The van der Waals surface area contributed by atoms with E-state index in [0.717, 1.165) is 10.7 Å². The Morgan fingerprint density at radius 2 is 1.83 bits per heavy atom. The van der Waals surface area contributed by atoms with Crippen molar-refractivity contribution in [3.8, 4) is 0 Å². The molecule has 0 amide bonds. The maximum absolute atomic E-state index is 3.77. The Hall–Kier alpha value is 0.480. The first-order valence-electron chi connectivity index (χ1n) is 5.48. The fourth-order valence-electron chi connectivity index (χ4n) is 1.64. The quantitative estimate of drug-likeness (QED) is 0.448. The third-order valence-corrected chi connectivity index (χ3v) is 3.92. The van der Waals surface area contributed by atoms with Crippen LogP contribution in [0.5, 0.6) is 0 Å². The van der Waals surface area contributed by atoms with Crippen molar-refractivity contribution in [2.45, 2.75) is 63.1 Å². The molecule has 72 valence electrons. The molecule has 1 heteroatoms. The van der Waals surface area contributed by atoms with E-state index in [2.05, 4.69) is 22.9 Å². The van der Waals surface area contributed by atoms with Crippen LogP contribution in [0.1, 0.15) is 58.3 Å². The molecule has 0 aromatic carbocycles. The minimum Gasteiger partial charge on any atom is -0.0888 e. The summed E-state index contributed by atoms with van der Waals surface area (Å²) in [6.45, 7) is 2.28. The average molecular weight is 233 g/mol. The SMILES string of the molecule is CCCCCCCC(Br)C1CC1. The predicted molar refractivity (Wildman–Crippen MR) is 58.8 cm³/mol. The summed E-state index contributed by atoms with van der Waals surface area (Å²) in [6.07, 6.45) is 11.5. The van der Waals surface area contributed by atoms with Crippen molar-refractivity contribution in [1.29, 1.82) is 0 Å². The van der Waals surface area contributed by atoms with Crippen molar-refractivity contribution in [3.05, 3.63) is 0 Å². The van der Waals surface area contributed by atoms with E-state index < -0.39 is 0 Å². The van der Waals surface area contributed by atoms with Gasteiger partial charge in [0.1, 0.15) is 0 Å². The first-order valence-corrected chi connectivity index (χ1v) is 6.40. The van der Waals surface area contributed by atoms with E-state index in [1.165, 1.54) is 51.4 Å². The van der Waals surface area contributed by atoms with Crippen molar-refractivity contribution in [2.24, 2.45) is 5.92 Å². The number of rotatable bonds is 7. The maximum atomic E-state index is 3.77. The number of hydrogen-bond donors (Lipinski definition) is 0. The molecular formula is C11H21Br.